The van der Waals surface area contributed by atoms with Gasteiger partial charge in [0.15, 0.2) is 0 Å². The second kappa shape index (κ2) is 5.49. The van der Waals surface area contributed by atoms with Gasteiger partial charge in [-0.1, -0.05) is 19.3 Å². The summed E-state index contributed by atoms with van der Waals surface area (Å²) in [5.74, 6) is 0.242. The molecule has 1 saturated carbocycles. The van der Waals surface area contributed by atoms with Crippen LogP contribution in [0.1, 0.15) is 32.1 Å². The van der Waals surface area contributed by atoms with Crippen molar-refractivity contribution in [2.24, 2.45) is 5.41 Å². The minimum Gasteiger partial charge on any atom is -0.308 e. The highest BCUT2D eigenvalue weighted by molar-refractivity contribution is 9.10. The number of halogens is 1. The lowest BCUT2D eigenvalue weighted by Gasteiger charge is -2.29. The quantitative estimate of drug-likeness (QED) is 0.912. The maximum atomic E-state index is 12.3. The summed E-state index contributed by atoms with van der Waals surface area (Å²) in [6.45, 7) is 0. The van der Waals surface area contributed by atoms with E-state index in [1.165, 1.54) is 0 Å². The third-order valence-corrected chi connectivity index (χ3v) is 3.99. The zero-order valence-corrected chi connectivity index (χ0v) is 11.5. The van der Waals surface area contributed by atoms with Crippen molar-refractivity contribution in [3.8, 4) is 6.07 Å². The Morgan fingerprint density at radius 1 is 1.44 bits per heavy atom. The average molecular weight is 308 g/mol. The number of nitrogens with zero attached hydrogens (tertiary/aromatic N) is 2. The normalized spacial score (nSPS) is 17.8. The van der Waals surface area contributed by atoms with Crippen molar-refractivity contribution in [3.63, 3.8) is 0 Å². The van der Waals surface area contributed by atoms with Crippen LogP contribution in [-0.4, -0.2) is 10.9 Å². The molecule has 0 atom stereocenters. The van der Waals surface area contributed by atoms with E-state index in [0.29, 0.717) is 18.7 Å². The molecule has 94 valence electrons. The fourth-order valence-corrected chi connectivity index (χ4v) is 2.60. The molecule has 0 bridgehead atoms. The lowest BCUT2D eigenvalue weighted by atomic mass is 9.74. The van der Waals surface area contributed by atoms with Crippen LogP contribution < -0.4 is 5.32 Å². The molecule has 0 spiro atoms. The summed E-state index contributed by atoms with van der Waals surface area (Å²) in [5.41, 5.74) is -0.880. The van der Waals surface area contributed by atoms with Crippen molar-refractivity contribution in [2.75, 3.05) is 5.32 Å². The average Bonchev–Trinajstić information content (AvgIpc) is 2.42. The molecule has 0 radical (unpaired) electrons. The second-order valence-electron chi connectivity index (χ2n) is 4.54. The number of hydrogen-bond acceptors (Lipinski definition) is 3. The van der Waals surface area contributed by atoms with E-state index in [-0.39, 0.29) is 5.91 Å². The monoisotopic (exact) mass is 307 g/mol. The molecule has 1 aliphatic carbocycles. The minimum absolute atomic E-state index is 0.232. The van der Waals surface area contributed by atoms with E-state index in [1.54, 1.807) is 12.3 Å². The number of carbonyl (C=O) groups excluding carboxylic acids is 1. The maximum absolute atomic E-state index is 12.3. The van der Waals surface area contributed by atoms with Gasteiger partial charge in [-0.05, 0) is 40.9 Å². The Hall–Kier alpha value is -1.41. The smallest absolute Gasteiger partial charge is 0.246 e. The number of aromatic nitrogens is 1. The Balaban J connectivity index is 2.16. The molecule has 2 rings (SSSR count). The third-order valence-electron chi connectivity index (χ3n) is 3.35. The standard InChI is InChI=1S/C13H14BrN3O/c14-10-5-4-8-16-11(10)17-12(18)13(9-15)6-2-1-3-7-13/h4-5,8H,1-3,6-7H2,(H,16,17,18). The Kier molecular flexibility index (Phi) is 3.97. The predicted molar refractivity (Wildman–Crippen MR) is 71.7 cm³/mol. The summed E-state index contributed by atoms with van der Waals surface area (Å²) in [7, 11) is 0. The van der Waals surface area contributed by atoms with Gasteiger partial charge in [-0.15, -0.1) is 0 Å². The van der Waals surface area contributed by atoms with Crippen LogP contribution in [0.15, 0.2) is 22.8 Å². The van der Waals surface area contributed by atoms with E-state index < -0.39 is 5.41 Å². The highest BCUT2D eigenvalue weighted by Crippen LogP contribution is 2.37. The second-order valence-corrected chi connectivity index (χ2v) is 5.40. The Bertz CT molecular complexity index is 489. The van der Waals surface area contributed by atoms with Gasteiger partial charge in [0.25, 0.3) is 0 Å². The first-order valence-electron chi connectivity index (χ1n) is 6.01. The molecule has 0 aromatic carbocycles. The first-order valence-corrected chi connectivity index (χ1v) is 6.80. The number of amides is 1. The van der Waals surface area contributed by atoms with Crippen molar-refractivity contribution in [2.45, 2.75) is 32.1 Å². The molecule has 4 nitrogen and oxygen atoms in total. The van der Waals surface area contributed by atoms with Gasteiger partial charge in [0.1, 0.15) is 11.2 Å². The van der Waals surface area contributed by atoms with E-state index in [4.69, 9.17) is 0 Å². The van der Waals surface area contributed by atoms with Crippen LogP contribution in [0.25, 0.3) is 0 Å². The van der Waals surface area contributed by atoms with Gasteiger partial charge in [-0.25, -0.2) is 4.98 Å². The molecule has 1 fully saturated rings. The molecule has 0 unspecified atom stereocenters. The Labute approximate surface area is 115 Å². The van der Waals surface area contributed by atoms with E-state index >= 15 is 0 Å². The lowest BCUT2D eigenvalue weighted by molar-refractivity contribution is -0.124. The number of nitriles is 1. The summed E-state index contributed by atoms with van der Waals surface area (Å²) in [6, 6.07) is 5.79. The summed E-state index contributed by atoms with van der Waals surface area (Å²) in [6.07, 6.45) is 5.86. The van der Waals surface area contributed by atoms with Crippen molar-refractivity contribution in [1.82, 2.24) is 4.98 Å². The number of anilines is 1. The fraction of sp³-hybridized carbons (Fsp3) is 0.462. The molecule has 1 aliphatic rings. The largest absolute Gasteiger partial charge is 0.308 e. The van der Waals surface area contributed by atoms with Crippen LogP contribution in [0, 0.1) is 16.7 Å². The van der Waals surface area contributed by atoms with Gasteiger partial charge >= 0.3 is 0 Å². The zero-order chi connectivity index (χ0) is 13.0. The molecule has 0 aliphatic heterocycles. The summed E-state index contributed by atoms with van der Waals surface area (Å²) in [5, 5.41) is 12.1. The van der Waals surface area contributed by atoms with Gasteiger partial charge in [0, 0.05) is 6.20 Å². The molecule has 5 heteroatoms. The highest BCUT2D eigenvalue weighted by atomic mass is 79.9. The van der Waals surface area contributed by atoms with E-state index in [2.05, 4.69) is 32.3 Å². The summed E-state index contributed by atoms with van der Waals surface area (Å²) >= 11 is 3.33. The lowest BCUT2D eigenvalue weighted by Crippen LogP contribution is -2.37. The molecule has 18 heavy (non-hydrogen) atoms. The summed E-state index contributed by atoms with van der Waals surface area (Å²) < 4.78 is 0.724. The highest BCUT2D eigenvalue weighted by Gasteiger charge is 2.40. The molecule has 1 amide bonds. The van der Waals surface area contributed by atoms with Gasteiger partial charge in [-0.2, -0.15) is 5.26 Å². The van der Waals surface area contributed by atoms with Crippen molar-refractivity contribution < 1.29 is 4.79 Å². The maximum Gasteiger partial charge on any atom is 0.246 e. The van der Waals surface area contributed by atoms with E-state index in [1.807, 2.05) is 6.07 Å². The van der Waals surface area contributed by atoms with Crippen molar-refractivity contribution >= 4 is 27.7 Å². The topological polar surface area (TPSA) is 65.8 Å². The van der Waals surface area contributed by atoms with Crippen LogP contribution in [0.2, 0.25) is 0 Å². The molecule has 1 heterocycles. The minimum atomic E-state index is -0.880. The van der Waals surface area contributed by atoms with Crippen LogP contribution in [0.4, 0.5) is 5.82 Å². The molecular formula is C13H14BrN3O. The SMILES string of the molecule is N#CC1(C(=O)Nc2ncccc2Br)CCCCC1. The molecule has 0 saturated heterocycles. The van der Waals surface area contributed by atoms with Crippen LogP contribution >= 0.6 is 15.9 Å². The van der Waals surface area contributed by atoms with Gasteiger partial charge in [0.2, 0.25) is 5.91 Å². The van der Waals surface area contributed by atoms with Crippen LogP contribution in [0.3, 0.4) is 0 Å². The van der Waals surface area contributed by atoms with Gasteiger partial charge in [0.05, 0.1) is 10.5 Å². The van der Waals surface area contributed by atoms with Crippen molar-refractivity contribution in [1.29, 1.82) is 5.26 Å². The number of pyridine rings is 1. The molecule has 1 aromatic heterocycles. The molecular weight excluding hydrogens is 294 g/mol. The first-order chi connectivity index (χ1) is 8.68. The summed E-state index contributed by atoms with van der Waals surface area (Å²) in [4.78, 5) is 16.4. The van der Waals surface area contributed by atoms with Crippen LogP contribution in [0.5, 0.6) is 0 Å². The number of hydrogen-bond donors (Lipinski definition) is 1. The van der Waals surface area contributed by atoms with Gasteiger partial charge in [-0.3, -0.25) is 4.79 Å². The number of nitrogens with one attached hydrogen (secondary N) is 1. The molecule has 1 N–H and O–H groups in total. The first kappa shape index (κ1) is 13.0. The zero-order valence-electron chi connectivity index (χ0n) is 9.95. The van der Waals surface area contributed by atoms with Crippen LogP contribution in [-0.2, 0) is 4.79 Å². The number of carbonyl (C=O) groups is 1. The van der Waals surface area contributed by atoms with Gasteiger partial charge < -0.3 is 5.32 Å². The predicted octanol–water partition coefficient (Wildman–Crippen LogP) is 3.26. The third kappa shape index (κ3) is 2.54. The Morgan fingerprint density at radius 2 is 2.17 bits per heavy atom. The molecule has 1 aromatic rings. The van der Waals surface area contributed by atoms with E-state index in [0.717, 1.165) is 23.7 Å². The fourth-order valence-electron chi connectivity index (χ4n) is 2.25. The van der Waals surface area contributed by atoms with E-state index in [9.17, 15) is 10.1 Å². The van der Waals surface area contributed by atoms with Crippen molar-refractivity contribution in [3.05, 3.63) is 22.8 Å². The number of rotatable bonds is 2. The Morgan fingerprint density at radius 3 is 2.78 bits per heavy atom.